The number of aryl methyl sites for hydroxylation is 1. The SMILES string of the molecule is CCCCCCCCC1(O)CCc2ccccc21. The van der Waals surface area contributed by atoms with E-state index in [0.717, 1.165) is 25.7 Å². The third-order valence-electron chi connectivity index (χ3n) is 4.27. The summed E-state index contributed by atoms with van der Waals surface area (Å²) in [6.07, 6.45) is 10.7. The van der Waals surface area contributed by atoms with Gasteiger partial charge in [-0.15, -0.1) is 0 Å². The molecule has 1 aliphatic carbocycles. The smallest absolute Gasteiger partial charge is 0.0902 e. The minimum atomic E-state index is -0.526. The molecule has 1 atom stereocenters. The van der Waals surface area contributed by atoms with Crippen molar-refractivity contribution in [2.75, 3.05) is 0 Å². The van der Waals surface area contributed by atoms with Gasteiger partial charge in [-0.1, -0.05) is 69.7 Å². The Bertz CT molecular complexity index is 372. The van der Waals surface area contributed by atoms with E-state index in [1.54, 1.807) is 0 Å². The number of hydrogen-bond acceptors (Lipinski definition) is 1. The molecule has 0 saturated heterocycles. The number of fused-ring (bicyclic) bond motifs is 1. The standard InChI is InChI=1S/C17H26O/c1-2-3-4-5-6-9-13-17(18)14-12-15-10-7-8-11-16(15)17/h7-8,10-11,18H,2-6,9,12-14H2,1H3. The number of benzene rings is 1. The molecule has 2 rings (SSSR count). The molecule has 0 radical (unpaired) electrons. The van der Waals surface area contributed by atoms with E-state index in [4.69, 9.17) is 0 Å². The van der Waals surface area contributed by atoms with Crippen molar-refractivity contribution in [2.24, 2.45) is 0 Å². The third-order valence-corrected chi connectivity index (χ3v) is 4.27. The molecule has 100 valence electrons. The molecule has 0 fully saturated rings. The summed E-state index contributed by atoms with van der Waals surface area (Å²) in [7, 11) is 0. The number of hydrogen-bond donors (Lipinski definition) is 1. The Morgan fingerprint density at radius 1 is 1.06 bits per heavy atom. The van der Waals surface area contributed by atoms with E-state index in [1.807, 2.05) is 0 Å². The summed E-state index contributed by atoms with van der Waals surface area (Å²) >= 11 is 0. The first-order valence-corrected chi connectivity index (χ1v) is 7.57. The van der Waals surface area contributed by atoms with Crippen LogP contribution in [-0.2, 0) is 12.0 Å². The molecule has 1 unspecified atom stereocenters. The molecule has 0 amide bonds. The monoisotopic (exact) mass is 246 g/mol. The van der Waals surface area contributed by atoms with Crippen LogP contribution in [0.15, 0.2) is 24.3 Å². The van der Waals surface area contributed by atoms with Crippen molar-refractivity contribution in [2.45, 2.75) is 70.3 Å². The lowest BCUT2D eigenvalue weighted by Crippen LogP contribution is -2.21. The lowest BCUT2D eigenvalue weighted by Gasteiger charge is -2.24. The summed E-state index contributed by atoms with van der Waals surface area (Å²) in [5.74, 6) is 0. The summed E-state index contributed by atoms with van der Waals surface area (Å²) in [4.78, 5) is 0. The van der Waals surface area contributed by atoms with Gasteiger partial charge in [-0.3, -0.25) is 0 Å². The first kappa shape index (κ1) is 13.6. The molecule has 1 aromatic rings. The second-order valence-corrected chi connectivity index (χ2v) is 5.71. The zero-order valence-electron chi connectivity index (χ0n) is 11.6. The second kappa shape index (κ2) is 6.38. The molecule has 1 aromatic carbocycles. The Morgan fingerprint density at radius 3 is 2.61 bits per heavy atom. The van der Waals surface area contributed by atoms with E-state index in [9.17, 15) is 5.11 Å². The minimum Gasteiger partial charge on any atom is -0.385 e. The molecule has 1 N–H and O–H groups in total. The Balaban J connectivity index is 1.79. The predicted octanol–water partition coefficient (Wildman–Crippen LogP) is 4.57. The number of aliphatic hydroxyl groups is 1. The molecular weight excluding hydrogens is 220 g/mol. The fraction of sp³-hybridized carbons (Fsp3) is 0.647. The minimum absolute atomic E-state index is 0.526. The molecule has 1 heteroatoms. The van der Waals surface area contributed by atoms with Crippen LogP contribution in [0.5, 0.6) is 0 Å². The van der Waals surface area contributed by atoms with Gasteiger partial charge in [0, 0.05) is 0 Å². The first-order chi connectivity index (χ1) is 8.76. The van der Waals surface area contributed by atoms with Crippen molar-refractivity contribution >= 4 is 0 Å². The highest BCUT2D eigenvalue weighted by molar-refractivity contribution is 5.36. The van der Waals surface area contributed by atoms with Gasteiger partial charge in [0.1, 0.15) is 0 Å². The summed E-state index contributed by atoms with van der Waals surface area (Å²) in [6.45, 7) is 2.25. The van der Waals surface area contributed by atoms with Gasteiger partial charge in [0.05, 0.1) is 5.60 Å². The molecule has 1 nitrogen and oxygen atoms in total. The molecule has 0 aliphatic heterocycles. The fourth-order valence-corrected chi connectivity index (χ4v) is 3.13. The highest BCUT2D eigenvalue weighted by Gasteiger charge is 2.35. The van der Waals surface area contributed by atoms with E-state index in [1.165, 1.54) is 43.2 Å². The highest BCUT2D eigenvalue weighted by Crippen LogP contribution is 2.40. The van der Waals surface area contributed by atoms with Crippen LogP contribution in [0.25, 0.3) is 0 Å². The Hall–Kier alpha value is -0.820. The molecule has 0 bridgehead atoms. The van der Waals surface area contributed by atoms with Crippen LogP contribution in [0.2, 0.25) is 0 Å². The van der Waals surface area contributed by atoms with Crippen LogP contribution >= 0.6 is 0 Å². The Morgan fingerprint density at radius 2 is 1.78 bits per heavy atom. The molecular formula is C17H26O. The summed E-state index contributed by atoms with van der Waals surface area (Å²) in [5.41, 5.74) is 2.02. The van der Waals surface area contributed by atoms with E-state index in [0.29, 0.717) is 0 Å². The van der Waals surface area contributed by atoms with Crippen molar-refractivity contribution < 1.29 is 5.11 Å². The zero-order valence-corrected chi connectivity index (χ0v) is 11.6. The molecule has 1 aliphatic rings. The highest BCUT2D eigenvalue weighted by atomic mass is 16.3. The molecule has 0 heterocycles. The maximum atomic E-state index is 10.7. The first-order valence-electron chi connectivity index (χ1n) is 7.57. The Labute approximate surface area is 111 Å². The van der Waals surface area contributed by atoms with E-state index in [-0.39, 0.29) is 0 Å². The molecule has 18 heavy (non-hydrogen) atoms. The topological polar surface area (TPSA) is 20.2 Å². The normalized spacial score (nSPS) is 22.1. The average Bonchev–Trinajstić information content (AvgIpc) is 2.73. The third kappa shape index (κ3) is 3.14. The van der Waals surface area contributed by atoms with Crippen molar-refractivity contribution in [3.63, 3.8) is 0 Å². The maximum Gasteiger partial charge on any atom is 0.0902 e. The predicted molar refractivity (Wildman–Crippen MR) is 76.7 cm³/mol. The maximum absolute atomic E-state index is 10.7. The quantitative estimate of drug-likeness (QED) is 0.699. The van der Waals surface area contributed by atoms with Crippen molar-refractivity contribution in [1.29, 1.82) is 0 Å². The van der Waals surface area contributed by atoms with Crippen LogP contribution in [0.4, 0.5) is 0 Å². The zero-order chi connectivity index (χ0) is 12.8. The second-order valence-electron chi connectivity index (χ2n) is 5.71. The van der Waals surface area contributed by atoms with Crippen molar-refractivity contribution in [3.8, 4) is 0 Å². The summed E-state index contributed by atoms with van der Waals surface area (Å²) < 4.78 is 0. The number of unbranched alkanes of at least 4 members (excludes halogenated alkanes) is 5. The lowest BCUT2D eigenvalue weighted by molar-refractivity contribution is 0.0267. The molecule has 0 aromatic heterocycles. The van der Waals surface area contributed by atoms with Gasteiger partial charge in [0.15, 0.2) is 0 Å². The van der Waals surface area contributed by atoms with Gasteiger partial charge in [-0.2, -0.15) is 0 Å². The van der Waals surface area contributed by atoms with Crippen molar-refractivity contribution in [3.05, 3.63) is 35.4 Å². The Kier molecular flexibility index (Phi) is 4.82. The largest absolute Gasteiger partial charge is 0.385 e. The summed E-state index contributed by atoms with van der Waals surface area (Å²) in [6, 6.07) is 8.40. The van der Waals surface area contributed by atoms with Crippen LogP contribution in [0, 0.1) is 0 Å². The van der Waals surface area contributed by atoms with Gasteiger partial charge in [-0.05, 0) is 30.4 Å². The van der Waals surface area contributed by atoms with Crippen LogP contribution in [-0.4, -0.2) is 5.11 Å². The van der Waals surface area contributed by atoms with E-state index < -0.39 is 5.60 Å². The fourth-order valence-electron chi connectivity index (χ4n) is 3.13. The molecule has 0 spiro atoms. The van der Waals surface area contributed by atoms with Gasteiger partial charge >= 0.3 is 0 Å². The van der Waals surface area contributed by atoms with Crippen LogP contribution in [0.1, 0.15) is 69.4 Å². The van der Waals surface area contributed by atoms with Crippen LogP contribution in [0.3, 0.4) is 0 Å². The van der Waals surface area contributed by atoms with Gasteiger partial charge in [-0.25, -0.2) is 0 Å². The van der Waals surface area contributed by atoms with E-state index >= 15 is 0 Å². The van der Waals surface area contributed by atoms with Crippen LogP contribution < -0.4 is 0 Å². The summed E-state index contributed by atoms with van der Waals surface area (Å²) in [5, 5.41) is 10.7. The van der Waals surface area contributed by atoms with E-state index in [2.05, 4.69) is 31.2 Å². The average molecular weight is 246 g/mol. The van der Waals surface area contributed by atoms with Gasteiger partial charge in [0.25, 0.3) is 0 Å². The number of rotatable bonds is 7. The molecule has 0 saturated carbocycles. The lowest BCUT2D eigenvalue weighted by atomic mass is 9.90. The van der Waals surface area contributed by atoms with Gasteiger partial charge in [0.2, 0.25) is 0 Å². The van der Waals surface area contributed by atoms with Gasteiger partial charge < -0.3 is 5.11 Å². The van der Waals surface area contributed by atoms with Crippen molar-refractivity contribution in [1.82, 2.24) is 0 Å².